The zero-order chi connectivity index (χ0) is 23.9. The van der Waals surface area contributed by atoms with Crippen molar-refractivity contribution in [1.29, 1.82) is 0 Å². The molecule has 1 aliphatic rings. The van der Waals surface area contributed by atoms with Gasteiger partial charge in [0.05, 0.1) is 25.7 Å². The number of nitro groups is 1. The van der Waals surface area contributed by atoms with Gasteiger partial charge in [-0.15, -0.1) is 0 Å². The van der Waals surface area contributed by atoms with Gasteiger partial charge >= 0.3 is 6.03 Å². The summed E-state index contributed by atoms with van der Waals surface area (Å²) in [5, 5.41) is 13.4. The molecule has 0 radical (unpaired) electrons. The lowest BCUT2D eigenvalue weighted by molar-refractivity contribution is -0.384. The van der Waals surface area contributed by atoms with E-state index in [9.17, 15) is 24.5 Å². The number of nitrogens with zero attached hydrogens (tertiary/aromatic N) is 2. The number of rotatable bonds is 4. The Hall–Kier alpha value is -3.66. The molecule has 2 aromatic carbocycles. The van der Waals surface area contributed by atoms with Crippen LogP contribution in [0, 0.1) is 10.1 Å². The highest BCUT2D eigenvalue weighted by atomic mass is 35.5. The summed E-state index contributed by atoms with van der Waals surface area (Å²) in [7, 11) is 0. The lowest BCUT2D eigenvalue weighted by atomic mass is 10.1. The second kappa shape index (κ2) is 8.70. The van der Waals surface area contributed by atoms with Gasteiger partial charge in [-0.3, -0.25) is 25.0 Å². The highest BCUT2D eigenvalue weighted by molar-refractivity contribution is 6.46. The van der Waals surface area contributed by atoms with Crippen LogP contribution >= 0.6 is 34.8 Å². The van der Waals surface area contributed by atoms with E-state index in [0.717, 1.165) is 6.08 Å². The van der Waals surface area contributed by atoms with Crippen LogP contribution in [0.25, 0.3) is 17.4 Å². The van der Waals surface area contributed by atoms with E-state index in [2.05, 4.69) is 5.32 Å². The lowest BCUT2D eigenvalue weighted by Crippen LogP contribution is -2.54. The van der Waals surface area contributed by atoms with Crippen molar-refractivity contribution in [3.05, 3.63) is 85.0 Å². The molecule has 0 saturated carbocycles. The van der Waals surface area contributed by atoms with Crippen LogP contribution < -0.4 is 10.2 Å². The fourth-order valence-corrected chi connectivity index (χ4v) is 3.67. The zero-order valence-corrected chi connectivity index (χ0v) is 18.4. The number of amides is 4. The first-order chi connectivity index (χ1) is 15.7. The summed E-state index contributed by atoms with van der Waals surface area (Å²) in [5.74, 6) is -1.65. The second-order valence-electron chi connectivity index (χ2n) is 6.65. The maximum absolute atomic E-state index is 13.0. The summed E-state index contributed by atoms with van der Waals surface area (Å²) in [5.41, 5.74) is -0.359. The Kier molecular flexibility index (Phi) is 5.94. The maximum Gasteiger partial charge on any atom is 0.336 e. The Morgan fingerprint density at radius 3 is 2.48 bits per heavy atom. The smallest absolute Gasteiger partial charge is 0.336 e. The fourth-order valence-electron chi connectivity index (χ4n) is 3.07. The number of barbiturate groups is 1. The van der Waals surface area contributed by atoms with Crippen molar-refractivity contribution in [1.82, 2.24) is 5.32 Å². The van der Waals surface area contributed by atoms with Gasteiger partial charge in [-0.25, -0.2) is 9.69 Å². The van der Waals surface area contributed by atoms with Crippen LogP contribution in [0.5, 0.6) is 0 Å². The van der Waals surface area contributed by atoms with Crippen molar-refractivity contribution in [2.24, 2.45) is 0 Å². The van der Waals surface area contributed by atoms with Crippen LogP contribution in [0.2, 0.25) is 15.1 Å². The number of furan rings is 1. The van der Waals surface area contributed by atoms with Gasteiger partial charge in [0, 0.05) is 17.7 Å². The third-order valence-electron chi connectivity index (χ3n) is 4.61. The van der Waals surface area contributed by atoms with Gasteiger partial charge in [-0.05, 0) is 36.4 Å². The number of nitro benzene ring substituents is 1. The van der Waals surface area contributed by atoms with E-state index < -0.39 is 28.3 Å². The monoisotopic (exact) mass is 505 g/mol. The number of non-ortho nitro benzene ring substituents is 1. The summed E-state index contributed by atoms with van der Waals surface area (Å²) < 4.78 is 5.63. The molecule has 9 nitrogen and oxygen atoms in total. The molecule has 12 heteroatoms. The van der Waals surface area contributed by atoms with Crippen molar-refractivity contribution in [2.75, 3.05) is 4.90 Å². The standard InChI is InChI=1S/C21H10Cl3N3O6/c22-14-6-4-10(27(31)32)8-12(14)17-7-5-11(33-17)9-13-19(28)25-21(30)26(20(13)29)16-3-1-2-15(23)18(16)24/h1-9H,(H,25,28,30)/b13-9+. The molecular formula is C21H10Cl3N3O6. The maximum atomic E-state index is 13.0. The molecule has 166 valence electrons. The van der Waals surface area contributed by atoms with Gasteiger partial charge in [0.2, 0.25) is 0 Å². The minimum Gasteiger partial charge on any atom is -0.457 e. The molecule has 1 saturated heterocycles. The highest BCUT2D eigenvalue weighted by Crippen LogP contribution is 2.35. The van der Waals surface area contributed by atoms with E-state index in [1.165, 1.54) is 48.5 Å². The van der Waals surface area contributed by atoms with Gasteiger partial charge in [0.25, 0.3) is 17.5 Å². The molecule has 4 rings (SSSR count). The second-order valence-corrected chi connectivity index (χ2v) is 7.85. The number of carbonyl (C=O) groups excluding carboxylic acids is 3. The molecule has 1 aromatic heterocycles. The Morgan fingerprint density at radius 2 is 1.76 bits per heavy atom. The first-order valence-corrected chi connectivity index (χ1v) is 10.2. The van der Waals surface area contributed by atoms with E-state index >= 15 is 0 Å². The van der Waals surface area contributed by atoms with E-state index in [1.54, 1.807) is 0 Å². The minimum atomic E-state index is -0.991. The van der Waals surface area contributed by atoms with Crippen LogP contribution in [0.1, 0.15) is 5.76 Å². The van der Waals surface area contributed by atoms with Crippen molar-refractivity contribution >= 4 is 70.1 Å². The molecule has 33 heavy (non-hydrogen) atoms. The first kappa shape index (κ1) is 22.5. The summed E-state index contributed by atoms with van der Waals surface area (Å²) in [4.78, 5) is 48.8. The van der Waals surface area contributed by atoms with Gasteiger partial charge in [0.15, 0.2) is 0 Å². The number of urea groups is 1. The molecule has 2 heterocycles. The minimum absolute atomic E-state index is 0.00595. The number of hydrogen-bond donors (Lipinski definition) is 1. The topological polar surface area (TPSA) is 123 Å². The average molecular weight is 507 g/mol. The van der Waals surface area contributed by atoms with Gasteiger partial charge < -0.3 is 4.42 Å². The van der Waals surface area contributed by atoms with Gasteiger partial charge in [-0.1, -0.05) is 40.9 Å². The van der Waals surface area contributed by atoms with Crippen molar-refractivity contribution in [2.45, 2.75) is 0 Å². The Bertz CT molecular complexity index is 1380. The van der Waals surface area contributed by atoms with Gasteiger partial charge in [0.1, 0.15) is 17.1 Å². The highest BCUT2D eigenvalue weighted by Gasteiger charge is 2.38. The van der Waals surface area contributed by atoms with Crippen LogP contribution in [0.3, 0.4) is 0 Å². The molecule has 0 unspecified atom stereocenters. The SMILES string of the molecule is O=C1NC(=O)N(c2cccc(Cl)c2Cl)C(=O)/C1=C/c1ccc(-c2cc([N+](=O)[O-])ccc2Cl)o1. The predicted molar refractivity (Wildman–Crippen MR) is 121 cm³/mol. The number of halogens is 3. The van der Waals surface area contributed by atoms with E-state index in [-0.39, 0.29) is 43.5 Å². The number of anilines is 1. The lowest BCUT2D eigenvalue weighted by Gasteiger charge is -2.27. The number of hydrogen-bond acceptors (Lipinski definition) is 6. The summed E-state index contributed by atoms with van der Waals surface area (Å²) in [6.07, 6.45) is 1.13. The summed E-state index contributed by atoms with van der Waals surface area (Å²) in [6, 6.07) is 10.1. The third-order valence-corrected chi connectivity index (χ3v) is 5.75. The molecule has 1 aliphatic heterocycles. The number of nitrogens with one attached hydrogen (secondary N) is 1. The molecule has 0 aliphatic carbocycles. The molecule has 0 bridgehead atoms. The number of benzene rings is 2. The van der Waals surface area contributed by atoms with Crippen LogP contribution in [-0.4, -0.2) is 22.8 Å². The summed E-state index contributed by atoms with van der Waals surface area (Å²) >= 11 is 18.2. The predicted octanol–water partition coefficient (Wildman–Crippen LogP) is 5.48. The summed E-state index contributed by atoms with van der Waals surface area (Å²) in [6.45, 7) is 0. The normalized spacial score (nSPS) is 15.2. The molecule has 3 aromatic rings. The quantitative estimate of drug-likeness (QED) is 0.216. The van der Waals surface area contributed by atoms with Crippen LogP contribution in [0.4, 0.5) is 16.2 Å². The Balaban J connectivity index is 1.72. The average Bonchev–Trinajstić information content (AvgIpc) is 3.22. The van der Waals surface area contributed by atoms with E-state index in [0.29, 0.717) is 4.90 Å². The van der Waals surface area contributed by atoms with E-state index in [1.807, 2.05) is 0 Å². The van der Waals surface area contributed by atoms with Gasteiger partial charge in [-0.2, -0.15) is 0 Å². The van der Waals surface area contributed by atoms with E-state index in [4.69, 9.17) is 39.2 Å². The Labute approximate surface area is 200 Å². The molecule has 0 spiro atoms. The zero-order valence-electron chi connectivity index (χ0n) is 16.2. The number of imide groups is 2. The fraction of sp³-hybridized carbons (Fsp3) is 0. The van der Waals surface area contributed by atoms with Crippen LogP contribution in [-0.2, 0) is 9.59 Å². The molecule has 1 fully saturated rings. The third kappa shape index (κ3) is 4.21. The molecule has 4 amide bonds. The van der Waals surface area contributed by atoms with Crippen molar-refractivity contribution in [3.63, 3.8) is 0 Å². The largest absolute Gasteiger partial charge is 0.457 e. The number of carbonyl (C=O) groups is 3. The Morgan fingerprint density at radius 1 is 1.00 bits per heavy atom. The van der Waals surface area contributed by atoms with Crippen molar-refractivity contribution < 1.29 is 23.7 Å². The molecule has 1 N–H and O–H groups in total. The molecule has 0 atom stereocenters. The van der Waals surface area contributed by atoms with Crippen LogP contribution in [0.15, 0.2) is 58.5 Å². The van der Waals surface area contributed by atoms with Crippen molar-refractivity contribution in [3.8, 4) is 11.3 Å². The molecular weight excluding hydrogens is 497 g/mol. The first-order valence-electron chi connectivity index (χ1n) is 9.07.